The molecule has 0 unspecified atom stereocenters. The van der Waals surface area contributed by atoms with E-state index >= 15 is 0 Å². The van der Waals surface area contributed by atoms with Gasteiger partial charge < -0.3 is 0 Å². The highest BCUT2D eigenvalue weighted by molar-refractivity contribution is 5.22. The predicted molar refractivity (Wildman–Crippen MR) is 55.9 cm³/mol. The van der Waals surface area contributed by atoms with E-state index in [9.17, 15) is 0 Å². The maximum atomic E-state index is 2.51. The SMILES string of the molecule is CC(C)N1CC(c2ccccc2)C1. The molecule has 1 aliphatic rings. The van der Waals surface area contributed by atoms with Crippen LogP contribution in [0.2, 0.25) is 0 Å². The van der Waals surface area contributed by atoms with Gasteiger partial charge in [-0.2, -0.15) is 0 Å². The molecule has 0 radical (unpaired) electrons. The van der Waals surface area contributed by atoms with E-state index in [0.29, 0.717) is 6.04 Å². The van der Waals surface area contributed by atoms with E-state index in [1.165, 1.54) is 18.7 Å². The second-order valence-electron chi connectivity index (χ2n) is 4.16. The van der Waals surface area contributed by atoms with Crippen LogP contribution in [-0.2, 0) is 0 Å². The molecular weight excluding hydrogens is 158 g/mol. The van der Waals surface area contributed by atoms with E-state index in [-0.39, 0.29) is 0 Å². The van der Waals surface area contributed by atoms with Crippen LogP contribution >= 0.6 is 0 Å². The summed E-state index contributed by atoms with van der Waals surface area (Å²) in [5.74, 6) is 0.781. The zero-order valence-corrected chi connectivity index (χ0v) is 8.40. The number of rotatable bonds is 2. The summed E-state index contributed by atoms with van der Waals surface area (Å²) in [7, 11) is 0. The van der Waals surface area contributed by atoms with Crippen molar-refractivity contribution in [2.24, 2.45) is 0 Å². The van der Waals surface area contributed by atoms with E-state index in [1.807, 2.05) is 0 Å². The number of nitrogens with zero attached hydrogens (tertiary/aromatic N) is 1. The van der Waals surface area contributed by atoms with Crippen LogP contribution in [0.5, 0.6) is 0 Å². The van der Waals surface area contributed by atoms with Crippen LogP contribution in [0, 0.1) is 0 Å². The van der Waals surface area contributed by atoms with E-state index in [1.54, 1.807) is 0 Å². The summed E-state index contributed by atoms with van der Waals surface area (Å²) >= 11 is 0. The Morgan fingerprint density at radius 3 is 2.31 bits per heavy atom. The summed E-state index contributed by atoms with van der Waals surface area (Å²) in [5.41, 5.74) is 1.50. The first kappa shape index (κ1) is 8.76. The molecule has 0 aliphatic carbocycles. The fourth-order valence-corrected chi connectivity index (χ4v) is 1.87. The van der Waals surface area contributed by atoms with Gasteiger partial charge in [0.1, 0.15) is 0 Å². The lowest BCUT2D eigenvalue weighted by atomic mass is 9.90. The second-order valence-corrected chi connectivity index (χ2v) is 4.16. The second kappa shape index (κ2) is 3.51. The van der Waals surface area contributed by atoms with Gasteiger partial charge in [0.05, 0.1) is 0 Å². The van der Waals surface area contributed by atoms with Gasteiger partial charge in [-0.25, -0.2) is 0 Å². The quantitative estimate of drug-likeness (QED) is 0.667. The molecule has 13 heavy (non-hydrogen) atoms. The summed E-state index contributed by atoms with van der Waals surface area (Å²) in [5, 5.41) is 0. The summed E-state index contributed by atoms with van der Waals surface area (Å²) in [6.07, 6.45) is 0. The molecule has 0 atom stereocenters. The van der Waals surface area contributed by atoms with Gasteiger partial charge in [0.25, 0.3) is 0 Å². The van der Waals surface area contributed by atoms with Crippen molar-refractivity contribution in [1.29, 1.82) is 0 Å². The van der Waals surface area contributed by atoms with Crippen LogP contribution in [0.3, 0.4) is 0 Å². The van der Waals surface area contributed by atoms with Crippen molar-refractivity contribution in [1.82, 2.24) is 4.90 Å². The van der Waals surface area contributed by atoms with E-state index in [4.69, 9.17) is 0 Å². The molecule has 1 nitrogen and oxygen atoms in total. The molecule has 0 saturated carbocycles. The zero-order chi connectivity index (χ0) is 9.26. The minimum absolute atomic E-state index is 0.708. The summed E-state index contributed by atoms with van der Waals surface area (Å²) in [4.78, 5) is 2.51. The van der Waals surface area contributed by atoms with Gasteiger partial charge in [-0.15, -0.1) is 0 Å². The molecule has 1 heteroatoms. The maximum Gasteiger partial charge on any atom is 0.00938 e. The van der Waals surface area contributed by atoms with Crippen molar-refractivity contribution < 1.29 is 0 Å². The zero-order valence-electron chi connectivity index (χ0n) is 8.40. The van der Waals surface area contributed by atoms with Gasteiger partial charge >= 0.3 is 0 Å². The van der Waals surface area contributed by atoms with Crippen molar-refractivity contribution in [2.75, 3.05) is 13.1 Å². The predicted octanol–water partition coefficient (Wildman–Crippen LogP) is 2.49. The molecule has 1 fully saturated rings. The van der Waals surface area contributed by atoms with Crippen LogP contribution in [0.1, 0.15) is 25.3 Å². The number of hydrogen-bond acceptors (Lipinski definition) is 1. The molecule has 0 N–H and O–H groups in total. The van der Waals surface area contributed by atoms with Crippen molar-refractivity contribution in [3.8, 4) is 0 Å². The summed E-state index contributed by atoms with van der Waals surface area (Å²) in [6.45, 7) is 7.01. The molecule has 0 amide bonds. The van der Waals surface area contributed by atoms with Crippen LogP contribution < -0.4 is 0 Å². The summed E-state index contributed by atoms with van der Waals surface area (Å²) < 4.78 is 0. The number of hydrogen-bond donors (Lipinski definition) is 0. The Kier molecular flexibility index (Phi) is 2.36. The van der Waals surface area contributed by atoms with Gasteiger partial charge in [0.2, 0.25) is 0 Å². The van der Waals surface area contributed by atoms with Gasteiger partial charge in [0, 0.05) is 25.0 Å². The fraction of sp³-hybridized carbons (Fsp3) is 0.500. The molecule has 70 valence electrons. The van der Waals surface area contributed by atoms with Gasteiger partial charge in [-0.3, -0.25) is 4.90 Å². The van der Waals surface area contributed by atoms with Crippen molar-refractivity contribution in [3.63, 3.8) is 0 Å². The van der Waals surface area contributed by atoms with Crippen LogP contribution in [-0.4, -0.2) is 24.0 Å². The van der Waals surface area contributed by atoms with E-state index < -0.39 is 0 Å². The molecule has 0 spiro atoms. The first-order valence-electron chi connectivity index (χ1n) is 5.06. The molecule has 0 aromatic heterocycles. The first-order chi connectivity index (χ1) is 6.27. The van der Waals surface area contributed by atoms with Gasteiger partial charge in [0.15, 0.2) is 0 Å². The molecule has 1 heterocycles. The smallest absolute Gasteiger partial charge is 0.00938 e. The number of likely N-dealkylation sites (tertiary alicyclic amines) is 1. The topological polar surface area (TPSA) is 3.24 Å². The minimum Gasteiger partial charge on any atom is -0.300 e. The maximum absolute atomic E-state index is 2.51. The van der Waals surface area contributed by atoms with E-state index in [0.717, 1.165) is 5.92 Å². The highest BCUT2D eigenvalue weighted by Gasteiger charge is 2.28. The van der Waals surface area contributed by atoms with Crippen molar-refractivity contribution in [3.05, 3.63) is 35.9 Å². The average Bonchev–Trinajstić information content (AvgIpc) is 2.02. The van der Waals surface area contributed by atoms with Gasteiger partial charge in [-0.05, 0) is 19.4 Å². The van der Waals surface area contributed by atoms with Crippen LogP contribution in [0.4, 0.5) is 0 Å². The first-order valence-corrected chi connectivity index (χ1v) is 5.06. The lowest BCUT2D eigenvalue weighted by molar-refractivity contribution is 0.110. The molecule has 0 bridgehead atoms. The Bertz CT molecular complexity index is 260. The van der Waals surface area contributed by atoms with Crippen LogP contribution in [0.15, 0.2) is 30.3 Å². The third kappa shape index (κ3) is 1.75. The Morgan fingerprint density at radius 1 is 1.15 bits per heavy atom. The Labute approximate surface area is 80.4 Å². The van der Waals surface area contributed by atoms with Gasteiger partial charge in [-0.1, -0.05) is 30.3 Å². The largest absolute Gasteiger partial charge is 0.300 e. The Morgan fingerprint density at radius 2 is 1.77 bits per heavy atom. The third-order valence-electron chi connectivity index (χ3n) is 2.91. The fourth-order valence-electron chi connectivity index (χ4n) is 1.87. The molecule has 1 aromatic rings. The number of benzene rings is 1. The molecule has 2 rings (SSSR count). The molecule has 1 aromatic carbocycles. The van der Waals surface area contributed by atoms with E-state index in [2.05, 4.69) is 49.1 Å². The molecular formula is C12H17N. The Balaban J connectivity index is 1.94. The molecule has 1 saturated heterocycles. The standard InChI is InChI=1S/C12H17N/c1-10(2)13-8-12(9-13)11-6-4-3-5-7-11/h3-7,10,12H,8-9H2,1-2H3. The lowest BCUT2D eigenvalue weighted by Crippen LogP contribution is -2.48. The normalized spacial score (nSPS) is 19.0. The molecule has 1 aliphatic heterocycles. The lowest BCUT2D eigenvalue weighted by Gasteiger charge is -2.42. The minimum atomic E-state index is 0.708. The third-order valence-corrected chi connectivity index (χ3v) is 2.91. The average molecular weight is 175 g/mol. The van der Waals surface area contributed by atoms with Crippen LogP contribution in [0.25, 0.3) is 0 Å². The van der Waals surface area contributed by atoms with Crippen molar-refractivity contribution in [2.45, 2.75) is 25.8 Å². The van der Waals surface area contributed by atoms with Crippen molar-refractivity contribution >= 4 is 0 Å². The highest BCUT2D eigenvalue weighted by Crippen LogP contribution is 2.27. The Hall–Kier alpha value is -0.820. The highest BCUT2D eigenvalue weighted by atomic mass is 15.2. The monoisotopic (exact) mass is 175 g/mol. The summed E-state index contributed by atoms with van der Waals surface area (Å²) in [6, 6.07) is 11.5.